The summed E-state index contributed by atoms with van der Waals surface area (Å²) >= 11 is 0. The van der Waals surface area contributed by atoms with E-state index < -0.39 is 17.5 Å². The minimum atomic E-state index is -1.20. The molecule has 8 heteroatoms. The molecule has 1 N–H and O–H groups in total. The largest absolute Gasteiger partial charge is 0.486 e. The van der Waals surface area contributed by atoms with Gasteiger partial charge < -0.3 is 19.4 Å². The van der Waals surface area contributed by atoms with Crippen LogP contribution in [-0.2, 0) is 16.9 Å². The van der Waals surface area contributed by atoms with Crippen molar-refractivity contribution in [2.24, 2.45) is 0 Å². The number of nitrogens with one attached hydrogen (secondary N) is 1. The molecule has 3 amide bonds. The van der Waals surface area contributed by atoms with E-state index in [1.807, 2.05) is 60.9 Å². The molecule has 2 aliphatic rings. The van der Waals surface area contributed by atoms with Crippen LogP contribution < -0.4 is 14.8 Å². The van der Waals surface area contributed by atoms with Crippen molar-refractivity contribution in [1.29, 1.82) is 0 Å². The molecule has 3 aromatic rings. The Balaban J connectivity index is 1.32. The number of hydrogen-bond donors (Lipinski definition) is 1. The molecular formula is C27H27N3O5. The molecule has 35 heavy (non-hydrogen) atoms. The molecule has 0 saturated carbocycles. The number of benzene rings is 2. The number of carbonyl (C=O) groups is 3. The van der Waals surface area contributed by atoms with Crippen molar-refractivity contribution in [3.05, 3.63) is 83.2 Å². The number of ketones is 1. The lowest BCUT2D eigenvalue weighted by molar-refractivity contribution is -0.130. The average molecular weight is 474 g/mol. The first-order chi connectivity index (χ1) is 16.8. The van der Waals surface area contributed by atoms with Crippen LogP contribution in [0.1, 0.15) is 34.2 Å². The zero-order chi connectivity index (χ0) is 24.7. The molecule has 1 fully saturated rings. The second-order valence-corrected chi connectivity index (χ2v) is 9.13. The Morgan fingerprint density at radius 3 is 2.49 bits per heavy atom. The maximum Gasteiger partial charge on any atom is 0.325 e. The van der Waals surface area contributed by atoms with Gasteiger partial charge in [-0.2, -0.15) is 0 Å². The summed E-state index contributed by atoms with van der Waals surface area (Å²) in [4.78, 5) is 40.1. The van der Waals surface area contributed by atoms with Crippen molar-refractivity contribution in [2.45, 2.75) is 39.0 Å². The number of ether oxygens (including phenoxy) is 2. The highest BCUT2D eigenvalue weighted by Gasteiger charge is 2.49. The fraction of sp³-hybridized carbons (Fsp3) is 0.296. The molecule has 2 aliphatic heterocycles. The Kier molecular flexibility index (Phi) is 5.59. The minimum absolute atomic E-state index is 0.213. The number of nitrogens with zero attached hydrogens (tertiary/aromatic N) is 2. The minimum Gasteiger partial charge on any atom is -0.486 e. The predicted molar refractivity (Wildman–Crippen MR) is 129 cm³/mol. The second-order valence-electron chi connectivity index (χ2n) is 9.13. The summed E-state index contributed by atoms with van der Waals surface area (Å²) in [6.45, 7) is 6.02. The van der Waals surface area contributed by atoms with Gasteiger partial charge in [-0.1, -0.05) is 42.5 Å². The molecule has 0 unspecified atom stereocenters. The highest BCUT2D eigenvalue weighted by Crippen LogP contribution is 2.32. The van der Waals surface area contributed by atoms with Gasteiger partial charge in [-0.3, -0.25) is 14.5 Å². The number of amides is 3. The van der Waals surface area contributed by atoms with E-state index in [1.165, 1.54) is 0 Å². The van der Waals surface area contributed by atoms with Crippen LogP contribution in [0.5, 0.6) is 11.5 Å². The Morgan fingerprint density at radius 2 is 1.74 bits per heavy atom. The van der Waals surface area contributed by atoms with E-state index in [0.717, 1.165) is 22.0 Å². The van der Waals surface area contributed by atoms with Crippen molar-refractivity contribution in [3.8, 4) is 11.5 Å². The number of hydrogen-bond acceptors (Lipinski definition) is 5. The van der Waals surface area contributed by atoms with Crippen LogP contribution in [0.4, 0.5) is 4.79 Å². The number of imide groups is 1. The van der Waals surface area contributed by atoms with Crippen molar-refractivity contribution >= 4 is 17.7 Å². The van der Waals surface area contributed by atoms with E-state index in [1.54, 1.807) is 25.1 Å². The third kappa shape index (κ3) is 3.95. The van der Waals surface area contributed by atoms with Gasteiger partial charge in [-0.15, -0.1) is 0 Å². The topological polar surface area (TPSA) is 89.9 Å². The quantitative estimate of drug-likeness (QED) is 0.437. The van der Waals surface area contributed by atoms with E-state index in [-0.39, 0.29) is 18.4 Å². The van der Waals surface area contributed by atoms with Gasteiger partial charge in [0.15, 0.2) is 23.4 Å². The van der Waals surface area contributed by atoms with E-state index in [2.05, 4.69) is 5.32 Å². The third-order valence-corrected chi connectivity index (χ3v) is 6.76. The maximum absolute atomic E-state index is 13.2. The van der Waals surface area contributed by atoms with Crippen molar-refractivity contribution in [3.63, 3.8) is 0 Å². The lowest BCUT2D eigenvalue weighted by atomic mass is 9.92. The van der Waals surface area contributed by atoms with Crippen LogP contribution in [-0.4, -0.2) is 46.4 Å². The summed E-state index contributed by atoms with van der Waals surface area (Å²) in [6, 6.07) is 17.8. The van der Waals surface area contributed by atoms with Gasteiger partial charge >= 0.3 is 6.03 Å². The lowest BCUT2D eigenvalue weighted by Crippen LogP contribution is -2.41. The maximum atomic E-state index is 13.2. The smallest absolute Gasteiger partial charge is 0.325 e. The van der Waals surface area contributed by atoms with Crippen LogP contribution in [0, 0.1) is 13.8 Å². The molecule has 2 aromatic carbocycles. The van der Waals surface area contributed by atoms with E-state index in [0.29, 0.717) is 30.0 Å². The summed E-state index contributed by atoms with van der Waals surface area (Å²) in [6.07, 6.45) is -0.213. The number of para-hydroxylation sites is 2. The first kappa shape index (κ1) is 22.7. The molecule has 3 heterocycles. The molecule has 2 atom stereocenters. The lowest BCUT2D eigenvalue weighted by Gasteiger charge is -2.27. The Labute approximate surface area is 203 Å². The first-order valence-electron chi connectivity index (χ1n) is 11.6. The fourth-order valence-corrected chi connectivity index (χ4v) is 4.76. The van der Waals surface area contributed by atoms with Crippen molar-refractivity contribution < 1.29 is 23.9 Å². The predicted octanol–water partition coefficient (Wildman–Crippen LogP) is 3.59. The fourth-order valence-electron chi connectivity index (χ4n) is 4.76. The van der Waals surface area contributed by atoms with Crippen LogP contribution in [0.15, 0.2) is 60.7 Å². The molecule has 1 aromatic heterocycles. The van der Waals surface area contributed by atoms with Gasteiger partial charge in [0, 0.05) is 17.0 Å². The molecule has 0 bridgehead atoms. The highest BCUT2D eigenvalue weighted by molar-refractivity contribution is 6.11. The van der Waals surface area contributed by atoms with E-state index in [9.17, 15) is 14.4 Å². The monoisotopic (exact) mass is 473 g/mol. The molecule has 8 nitrogen and oxygen atoms in total. The highest BCUT2D eigenvalue weighted by atomic mass is 16.6. The molecule has 0 spiro atoms. The molecule has 0 aliphatic carbocycles. The summed E-state index contributed by atoms with van der Waals surface area (Å²) < 4.78 is 13.9. The van der Waals surface area contributed by atoms with Gasteiger partial charge in [0.25, 0.3) is 5.91 Å². The van der Waals surface area contributed by atoms with Crippen molar-refractivity contribution in [1.82, 2.24) is 14.8 Å². The molecular weight excluding hydrogens is 446 g/mol. The van der Waals surface area contributed by atoms with Crippen molar-refractivity contribution in [2.75, 3.05) is 13.2 Å². The summed E-state index contributed by atoms with van der Waals surface area (Å²) in [7, 11) is 0. The zero-order valence-corrected chi connectivity index (χ0v) is 19.9. The number of fused-ring (bicyclic) bond motifs is 1. The number of rotatable bonds is 6. The third-order valence-electron chi connectivity index (χ3n) is 6.76. The van der Waals surface area contributed by atoms with Crippen LogP contribution in [0.3, 0.4) is 0 Å². The van der Waals surface area contributed by atoms with Gasteiger partial charge in [-0.05, 0) is 44.5 Å². The van der Waals surface area contributed by atoms with Gasteiger partial charge in [0.2, 0.25) is 0 Å². The summed E-state index contributed by atoms with van der Waals surface area (Å²) in [5.74, 6) is 0.678. The summed E-state index contributed by atoms with van der Waals surface area (Å²) in [5.41, 5.74) is 1.59. The molecule has 1 saturated heterocycles. The normalized spacial score (nSPS) is 21.2. The Bertz CT molecular complexity index is 1320. The average Bonchev–Trinajstić information content (AvgIpc) is 3.27. The number of Topliss-reactive ketones (excluding diaryl/α,β-unsaturated/α-hetero) is 1. The Morgan fingerprint density at radius 1 is 1.06 bits per heavy atom. The SMILES string of the molecule is Cc1cc(C(=O)CN2C(=O)N[C@@](C)(c3ccccc3)C2=O)c(C)n1C[C@@H]1COc2ccccc2O1. The molecule has 0 radical (unpaired) electrons. The second kappa shape index (κ2) is 8.61. The van der Waals surface area contributed by atoms with E-state index in [4.69, 9.17) is 9.47 Å². The van der Waals surface area contributed by atoms with Crippen LogP contribution in [0.25, 0.3) is 0 Å². The van der Waals surface area contributed by atoms with Gasteiger partial charge in [0.05, 0.1) is 13.1 Å². The number of aromatic nitrogens is 1. The van der Waals surface area contributed by atoms with Crippen LogP contribution >= 0.6 is 0 Å². The van der Waals surface area contributed by atoms with Gasteiger partial charge in [-0.25, -0.2) is 4.79 Å². The summed E-state index contributed by atoms with van der Waals surface area (Å²) in [5, 5.41) is 2.75. The zero-order valence-electron chi connectivity index (χ0n) is 19.9. The number of aryl methyl sites for hydroxylation is 1. The number of carbonyl (C=O) groups excluding carboxylic acids is 3. The molecule has 5 rings (SSSR count). The van der Waals surface area contributed by atoms with Crippen LogP contribution in [0.2, 0.25) is 0 Å². The molecule has 180 valence electrons. The first-order valence-corrected chi connectivity index (χ1v) is 11.6. The Hall–Kier alpha value is -4.07. The van der Waals surface area contributed by atoms with Gasteiger partial charge in [0.1, 0.15) is 12.1 Å². The number of urea groups is 1. The van der Waals surface area contributed by atoms with E-state index >= 15 is 0 Å². The standard InChI is InChI=1S/C27H27N3O5/c1-17-13-21(18(2)29(17)14-20-16-34-23-11-7-8-12-24(23)35-20)22(31)15-30-25(32)27(3,28-26(30)33)19-9-5-4-6-10-19/h4-13,20H,14-16H2,1-3H3,(H,28,33)/t20-,27+/m1/s1.